The van der Waals surface area contributed by atoms with Crippen LogP contribution in [0, 0.1) is 0 Å². The van der Waals surface area contributed by atoms with E-state index in [1.54, 1.807) is 0 Å². The quantitative estimate of drug-likeness (QED) is 0.0485. The fraction of sp³-hybridized carbons (Fsp3) is 0.967. The molecule has 0 amide bonds. The van der Waals surface area contributed by atoms with Crippen molar-refractivity contribution < 1.29 is 42.9 Å². The highest BCUT2D eigenvalue weighted by atomic mass is 31.1. The van der Waals surface area contributed by atoms with E-state index in [1.807, 2.05) is 21.1 Å². The molecule has 3 unspecified atom stereocenters. The van der Waals surface area contributed by atoms with Gasteiger partial charge in [-0.15, -0.1) is 0 Å². The maximum atomic E-state index is 12.0. The summed E-state index contributed by atoms with van der Waals surface area (Å²) >= 11 is 0. The number of ether oxygens (including phenoxy) is 2. The number of hydrogen-bond acceptors (Lipinski definition) is 8. The molecule has 240 valence electrons. The van der Waals surface area contributed by atoms with Crippen LogP contribution in [-0.2, 0) is 27.9 Å². The number of aliphatic hydroxyl groups is 1. The predicted octanol–water partition coefficient (Wildman–Crippen LogP) is 6.65. The Kier molecular flexibility index (Phi) is 23.6. The summed E-state index contributed by atoms with van der Waals surface area (Å²) in [5, 5.41) is 10.7. The van der Waals surface area contributed by atoms with E-state index in [2.05, 4.69) is 6.92 Å². The van der Waals surface area contributed by atoms with E-state index in [1.165, 1.54) is 89.9 Å². The minimum absolute atomic E-state index is 0. The van der Waals surface area contributed by atoms with E-state index in [0.29, 0.717) is 30.7 Å². The van der Waals surface area contributed by atoms with Gasteiger partial charge in [0.1, 0.15) is 19.3 Å². The second kappa shape index (κ2) is 24.0. The zero-order valence-electron chi connectivity index (χ0n) is 26.1. The molecule has 0 aliphatic carbocycles. The van der Waals surface area contributed by atoms with E-state index >= 15 is 0 Å². The largest absolute Gasteiger partial charge is 0.870 e. The molecule has 0 spiro atoms. The van der Waals surface area contributed by atoms with Crippen molar-refractivity contribution in [2.45, 2.75) is 134 Å². The van der Waals surface area contributed by atoms with Gasteiger partial charge in [0.2, 0.25) is 0 Å². The van der Waals surface area contributed by atoms with Crippen LogP contribution in [0.15, 0.2) is 0 Å². The Morgan fingerprint density at radius 2 is 1.35 bits per heavy atom. The molecule has 3 atom stereocenters. The molecule has 1 aliphatic rings. The number of quaternary nitrogens is 1. The van der Waals surface area contributed by atoms with Gasteiger partial charge in [-0.3, -0.25) is 9.36 Å². The molecule has 9 nitrogen and oxygen atoms in total. The summed E-state index contributed by atoms with van der Waals surface area (Å²) in [6.45, 7) is 3.73. The van der Waals surface area contributed by atoms with E-state index in [4.69, 9.17) is 18.5 Å². The van der Waals surface area contributed by atoms with E-state index in [0.717, 1.165) is 12.8 Å². The summed E-state index contributed by atoms with van der Waals surface area (Å²) in [4.78, 5) is 11.8. The second-order valence-electron chi connectivity index (χ2n) is 12.3. The van der Waals surface area contributed by atoms with Gasteiger partial charge in [0.05, 0.1) is 34.4 Å². The van der Waals surface area contributed by atoms with Gasteiger partial charge in [0.25, 0.3) is 0 Å². The lowest BCUT2D eigenvalue weighted by molar-refractivity contribution is -0.870. The summed E-state index contributed by atoms with van der Waals surface area (Å²) in [7, 11) is 3.32. The van der Waals surface area contributed by atoms with Gasteiger partial charge in [0.15, 0.2) is 5.60 Å². The fourth-order valence-corrected chi connectivity index (χ4v) is 5.45. The third-order valence-electron chi connectivity index (χ3n) is 7.51. The predicted molar refractivity (Wildman–Crippen MR) is 160 cm³/mol. The number of rotatable bonds is 27. The molecule has 0 aromatic carbocycles. The molecule has 10 heteroatoms. The van der Waals surface area contributed by atoms with Gasteiger partial charge >= 0.3 is 14.2 Å². The van der Waals surface area contributed by atoms with Crippen molar-refractivity contribution in [1.29, 1.82) is 0 Å². The van der Waals surface area contributed by atoms with Crippen molar-refractivity contribution in [2.24, 2.45) is 0 Å². The molecule has 0 aromatic heterocycles. The zero-order valence-corrected chi connectivity index (χ0v) is 27.1. The Hall–Kier alpha value is -0.540. The first kappa shape index (κ1) is 39.5. The highest BCUT2D eigenvalue weighted by Gasteiger charge is 2.47. The first-order valence-corrected chi connectivity index (χ1v) is 17.0. The zero-order chi connectivity index (χ0) is 28.8. The standard InChI is InChI=1S/C30H61NO7P.H2O/c1-5-6-7-8-9-10-11-12-13-14-15-16-17-18-19-20-24-35-27-30(22-21-29(33)38-30)28(32)26-37-39(34)36-25-23-31(2,3)4;/h28,32,39H,5-27H2,1-4H3;1H2/q+1;/p-1. The Morgan fingerprint density at radius 1 is 0.850 bits per heavy atom. The van der Waals surface area contributed by atoms with Gasteiger partial charge in [-0.2, -0.15) is 0 Å². The number of carbonyl (C=O) groups is 1. The van der Waals surface area contributed by atoms with Crippen molar-refractivity contribution in [1.82, 2.24) is 0 Å². The third-order valence-corrected chi connectivity index (χ3v) is 8.35. The third kappa shape index (κ3) is 20.4. The van der Waals surface area contributed by atoms with Crippen LogP contribution >= 0.6 is 8.25 Å². The lowest BCUT2D eigenvalue weighted by atomic mass is 9.94. The number of esters is 1. The lowest BCUT2D eigenvalue weighted by Gasteiger charge is -2.32. The SMILES string of the molecule is CCCCCCCCCCCCCCCCCCOCC1(C(O)CO[PH](=O)OCC[N+](C)(C)C)CCC(=O)O1.[OH-]. The summed E-state index contributed by atoms with van der Waals surface area (Å²) in [6.07, 6.45) is 20.6. The topological polar surface area (TPSA) is 121 Å². The van der Waals surface area contributed by atoms with Crippen LogP contribution in [0.25, 0.3) is 0 Å². The molecular formula is C30H62NO8P. The van der Waals surface area contributed by atoms with Crippen molar-refractivity contribution >= 4 is 14.2 Å². The van der Waals surface area contributed by atoms with Gasteiger partial charge in [0, 0.05) is 19.4 Å². The Bertz CT molecular complexity index is 646. The van der Waals surface area contributed by atoms with Gasteiger partial charge < -0.3 is 33.6 Å². The molecule has 0 aromatic rings. The number of nitrogens with zero attached hydrogens (tertiary/aromatic N) is 1. The molecular weight excluding hydrogens is 533 g/mol. The monoisotopic (exact) mass is 595 g/mol. The fourth-order valence-electron chi connectivity index (χ4n) is 4.82. The van der Waals surface area contributed by atoms with Gasteiger partial charge in [-0.1, -0.05) is 103 Å². The van der Waals surface area contributed by atoms with E-state index < -0.39 is 20.0 Å². The molecule has 2 N–H and O–H groups in total. The molecule has 1 rings (SSSR count). The van der Waals surface area contributed by atoms with Crippen molar-refractivity contribution in [3.8, 4) is 0 Å². The molecule has 1 heterocycles. The summed E-state index contributed by atoms with van der Waals surface area (Å²) < 4.78 is 34.5. The average molecular weight is 596 g/mol. The number of hydrogen-bond donors (Lipinski definition) is 1. The van der Waals surface area contributed by atoms with Gasteiger partial charge in [-0.05, 0) is 6.42 Å². The molecule has 1 aliphatic heterocycles. The number of likely N-dealkylation sites (N-methyl/N-ethyl adjacent to an activating group) is 1. The smallest absolute Gasteiger partial charge is 0.319 e. The minimum atomic E-state index is -2.73. The number of aliphatic hydroxyl groups excluding tert-OH is 1. The normalized spacial score (nSPS) is 18.9. The van der Waals surface area contributed by atoms with Gasteiger partial charge in [-0.25, -0.2) is 0 Å². The van der Waals surface area contributed by atoms with Crippen LogP contribution in [0.1, 0.15) is 122 Å². The van der Waals surface area contributed by atoms with Crippen molar-refractivity contribution in [2.75, 3.05) is 54.1 Å². The molecule has 1 fully saturated rings. The van der Waals surface area contributed by atoms with Crippen LogP contribution in [0.5, 0.6) is 0 Å². The van der Waals surface area contributed by atoms with Crippen LogP contribution in [0.2, 0.25) is 0 Å². The average Bonchev–Trinajstić information content (AvgIpc) is 3.27. The van der Waals surface area contributed by atoms with Crippen LogP contribution in [0.3, 0.4) is 0 Å². The molecule has 0 radical (unpaired) electrons. The minimum Gasteiger partial charge on any atom is -0.870 e. The molecule has 0 bridgehead atoms. The second-order valence-corrected chi connectivity index (χ2v) is 13.4. The highest BCUT2D eigenvalue weighted by Crippen LogP contribution is 2.33. The summed E-state index contributed by atoms with van der Waals surface area (Å²) in [5.41, 5.74) is -1.14. The maximum absolute atomic E-state index is 12.0. The van der Waals surface area contributed by atoms with Crippen LogP contribution in [0.4, 0.5) is 0 Å². The maximum Gasteiger partial charge on any atom is 0.319 e. The number of unbranched alkanes of at least 4 members (excludes halogenated alkanes) is 15. The Balaban J connectivity index is 0.0000152. The van der Waals surface area contributed by atoms with E-state index in [9.17, 15) is 14.5 Å². The summed E-state index contributed by atoms with van der Waals surface area (Å²) in [6, 6.07) is 0. The molecule has 1 saturated heterocycles. The Labute approximate surface area is 245 Å². The van der Waals surface area contributed by atoms with Crippen molar-refractivity contribution in [3.63, 3.8) is 0 Å². The lowest BCUT2D eigenvalue weighted by Crippen LogP contribution is -2.48. The molecule has 0 saturated carbocycles. The highest BCUT2D eigenvalue weighted by molar-refractivity contribution is 7.33. The Morgan fingerprint density at radius 3 is 1.80 bits per heavy atom. The van der Waals surface area contributed by atoms with Crippen LogP contribution < -0.4 is 0 Å². The molecule has 40 heavy (non-hydrogen) atoms. The van der Waals surface area contributed by atoms with Crippen molar-refractivity contribution in [3.05, 3.63) is 0 Å². The number of carbonyl (C=O) groups excluding carboxylic acids is 1. The number of cyclic esters (lactones) is 1. The summed E-state index contributed by atoms with van der Waals surface area (Å²) in [5.74, 6) is -0.355. The van der Waals surface area contributed by atoms with E-state index in [-0.39, 0.29) is 31.1 Å². The first-order chi connectivity index (χ1) is 18.7. The van der Waals surface area contributed by atoms with Crippen LogP contribution in [-0.4, -0.2) is 86.9 Å². The first-order valence-electron chi connectivity index (χ1n) is 15.8.